The van der Waals surface area contributed by atoms with Crippen LogP contribution in [-0.4, -0.2) is 190 Å². The van der Waals surface area contributed by atoms with Crippen LogP contribution in [0.3, 0.4) is 0 Å². The molecule has 80 heavy (non-hydrogen) atoms. The summed E-state index contributed by atoms with van der Waals surface area (Å²) in [6.45, 7) is 0. The first-order valence-electron chi connectivity index (χ1n) is 19.7. The molecule has 0 atom stereocenters. The molecule has 16 nitrogen and oxygen atoms in total. The summed E-state index contributed by atoms with van der Waals surface area (Å²) in [4.78, 5) is 48.8. The Morgan fingerprint density at radius 2 is 0.388 bits per heavy atom. The van der Waals surface area contributed by atoms with Crippen LogP contribution < -0.4 is 0 Å². The fourth-order valence-electron chi connectivity index (χ4n) is 5.21. The van der Waals surface area contributed by atoms with E-state index < -0.39 is 141 Å². The van der Waals surface area contributed by atoms with Crippen molar-refractivity contribution < 1.29 is 142 Å². The molecule has 4 rings (SSSR count). The Kier molecular flexibility index (Phi) is 20.4. The van der Waals surface area contributed by atoms with Crippen molar-refractivity contribution in [3.05, 3.63) is 69.8 Å². The topological polar surface area (TPSA) is 196 Å². The van der Waals surface area contributed by atoms with Crippen LogP contribution >= 0.6 is 0 Å². The zero-order valence-electron chi connectivity index (χ0n) is 40.1. The van der Waals surface area contributed by atoms with E-state index in [-0.39, 0.29) is 24.3 Å². The van der Waals surface area contributed by atoms with E-state index in [0.717, 1.165) is 19.6 Å². The van der Waals surface area contributed by atoms with Crippen molar-refractivity contribution in [2.45, 2.75) is 72.1 Å². The van der Waals surface area contributed by atoms with Gasteiger partial charge in [-0.2, -0.15) is 126 Å². The quantitative estimate of drug-likeness (QED) is 0.125. The number of nitrogens with one attached hydrogen (secondary N) is 4. The van der Waals surface area contributed by atoms with Crippen LogP contribution in [-0.2, 0) is 22.7 Å². The average Bonchev–Trinajstić information content (AvgIpc) is 4.12. The van der Waals surface area contributed by atoms with Gasteiger partial charge in [0.05, 0.1) is 22.8 Å². The standard InChI is InChI=1S/4C9H8F7N3O/c4*1-19(2)6(20)4-3-5(18-17-4)7(10,8(11,12)13)9(14,15)16/h4*3H,1-2H3,(H,17,18). The van der Waals surface area contributed by atoms with E-state index in [1.54, 1.807) is 0 Å². The molecule has 0 saturated carbocycles. The van der Waals surface area contributed by atoms with Crippen LogP contribution in [0.5, 0.6) is 0 Å². The highest BCUT2D eigenvalue weighted by Gasteiger charge is 2.77. The number of aromatic nitrogens is 8. The van der Waals surface area contributed by atoms with E-state index in [1.807, 2.05) is 0 Å². The molecule has 0 radical (unpaired) electrons. The number of alkyl halides is 28. The molecule has 0 spiro atoms. The van der Waals surface area contributed by atoms with Crippen molar-refractivity contribution in [1.29, 1.82) is 0 Å². The summed E-state index contributed by atoms with van der Waals surface area (Å²) >= 11 is 0. The van der Waals surface area contributed by atoms with Gasteiger partial charge < -0.3 is 19.6 Å². The van der Waals surface area contributed by atoms with Gasteiger partial charge in [-0.25, -0.2) is 17.6 Å². The molecular formula is C36H32F28N12O4. The lowest BCUT2D eigenvalue weighted by Gasteiger charge is -2.28. The summed E-state index contributed by atoms with van der Waals surface area (Å²) in [5.41, 5.74) is -33.2. The summed E-state index contributed by atoms with van der Waals surface area (Å²) < 4.78 is 352. The number of halogens is 28. The molecule has 4 amide bonds. The van der Waals surface area contributed by atoms with E-state index >= 15 is 0 Å². The number of hydrogen-bond acceptors (Lipinski definition) is 8. The van der Waals surface area contributed by atoms with Crippen LogP contribution in [0.2, 0.25) is 0 Å². The van der Waals surface area contributed by atoms with Crippen LogP contribution in [0.25, 0.3) is 0 Å². The Balaban J connectivity index is 0.000000533. The van der Waals surface area contributed by atoms with E-state index in [1.165, 1.54) is 76.8 Å². The molecule has 4 N–H and O–H groups in total. The highest BCUT2D eigenvalue weighted by molar-refractivity contribution is 5.93. The molecule has 0 unspecified atom stereocenters. The summed E-state index contributed by atoms with van der Waals surface area (Å²) in [6, 6.07) is 0.346. The van der Waals surface area contributed by atoms with Gasteiger partial charge in [-0.05, 0) is 24.3 Å². The molecule has 0 aliphatic heterocycles. The maximum absolute atomic E-state index is 13.6. The van der Waals surface area contributed by atoms with E-state index in [0.29, 0.717) is 0 Å². The first-order chi connectivity index (χ1) is 35.3. The normalized spacial score (nSPS) is 13.4. The number of carbonyl (C=O) groups excluding carboxylic acids is 4. The maximum atomic E-state index is 13.6. The van der Waals surface area contributed by atoms with Crippen LogP contribution in [0, 0.1) is 0 Å². The second-order valence-electron chi connectivity index (χ2n) is 16.1. The minimum Gasteiger partial charge on any atom is -0.343 e. The summed E-state index contributed by atoms with van der Waals surface area (Å²) in [6.07, 6.45) is -50.0. The molecule has 0 bridgehead atoms. The van der Waals surface area contributed by atoms with Gasteiger partial charge in [-0.15, -0.1) is 0 Å². The molecule has 0 aliphatic carbocycles. The summed E-state index contributed by atoms with van der Waals surface area (Å²) in [5, 5.41) is 17.0. The Bertz CT molecular complexity index is 2320. The lowest BCUT2D eigenvalue weighted by Crippen LogP contribution is -2.50. The predicted octanol–water partition coefficient (Wildman–Crippen LogP) is 9.60. The largest absolute Gasteiger partial charge is 0.437 e. The van der Waals surface area contributed by atoms with Gasteiger partial charge in [0.15, 0.2) is 22.8 Å². The Labute approximate surface area is 424 Å². The average molecular weight is 1230 g/mol. The minimum absolute atomic E-state index is 0.0866. The molecule has 44 heteroatoms. The Morgan fingerprint density at radius 1 is 0.275 bits per heavy atom. The zero-order chi connectivity index (χ0) is 63.7. The van der Waals surface area contributed by atoms with Crippen LogP contribution in [0.4, 0.5) is 123 Å². The zero-order valence-corrected chi connectivity index (χ0v) is 40.1. The van der Waals surface area contributed by atoms with Gasteiger partial charge in [-0.3, -0.25) is 39.6 Å². The van der Waals surface area contributed by atoms with Crippen molar-refractivity contribution >= 4 is 23.6 Å². The summed E-state index contributed by atoms with van der Waals surface area (Å²) in [7, 11) is 9.61. The van der Waals surface area contributed by atoms with Crippen molar-refractivity contribution in [1.82, 2.24) is 60.4 Å². The number of hydrogen-bond donors (Lipinski definition) is 4. The molecule has 456 valence electrons. The number of nitrogens with zero attached hydrogens (tertiary/aromatic N) is 8. The number of H-pyrrole nitrogens is 4. The lowest BCUT2D eigenvalue weighted by molar-refractivity contribution is -0.350. The highest BCUT2D eigenvalue weighted by Crippen LogP contribution is 2.56. The van der Waals surface area contributed by atoms with E-state index in [9.17, 15) is 142 Å². The molecule has 0 fully saturated rings. The predicted molar refractivity (Wildman–Crippen MR) is 206 cm³/mol. The maximum Gasteiger partial charge on any atom is 0.437 e. The second-order valence-corrected chi connectivity index (χ2v) is 16.1. The Morgan fingerprint density at radius 3 is 0.475 bits per heavy atom. The van der Waals surface area contributed by atoms with Gasteiger partial charge in [0, 0.05) is 56.4 Å². The smallest absolute Gasteiger partial charge is 0.343 e. The van der Waals surface area contributed by atoms with Gasteiger partial charge in [0.2, 0.25) is 0 Å². The van der Waals surface area contributed by atoms with Crippen LogP contribution in [0.15, 0.2) is 24.3 Å². The summed E-state index contributed by atoms with van der Waals surface area (Å²) in [5.74, 6) is -3.89. The van der Waals surface area contributed by atoms with Gasteiger partial charge in [0.25, 0.3) is 23.6 Å². The first kappa shape index (κ1) is 70.8. The van der Waals surface area contributed by atoms with E-state index in [4.69, 9.17) is 0 Å². The van der Waals surface area contributed by atoms with Gasteiger partial charge in [-0.1, -0.05) is 0 Å². The monoisotopic (exact) mass is 1230 g/mol. The van der Waals surface area contributed by atoms with Crippen molar-refractivity contribution in [3.8, 4) is 0 Å². The number of rotatable bonds is 8. The third-order valence-electron chi connectivity index (χ3n) is 9.42. The highest BCUT2D eigenvalue weighted by atomic mass is 19.5. The van der Waals surface area contributed by atoms with E-state index in [2.05, 4.69) is 20.4 Å². The molecule has 0 saturated heterocycles. The lowest BCUT2D eigenvalue weighted by atomic mass is 10.00. The molecule has 4 aromatic rings. The number of aromatic amines is 4. The van der Waals surface area contributed by atoms with Crippen LogP contribution in [0.1, 0.15) is 64.7 Å². The number of amides is 4. The van der Waals surface area contributed by atoms with Gasteiger partial charge >= 0.3 is 72.1 Å². The van der Waals surface area contributed by atoms with Gasteiger partial charge in [0.1, 0.15) is 0 Å². The minimum atomic E-state index is -6.25. The molecular weight excluding hydrogens is 1200 g/mol. The molecule has 4 heterocycles. The molecule has 0 aromatic carbocycles. The Hall–Kier alpha value is -7.24. The fraction of sp³-hybridized carbons (Fsp3) is 0.556. The SMILES string of the molecule is CN(C)C(=O)c1cc(C(F)(C(F)(F)F)C(F)(F)F)[nH]n1.CN(C)C(=O)c1cc(C(F)(C(F)(F)F)C(F)(F)F)[nH]n1.CN(C)C(=O)c1cc(C(F)(C(F)(F)F)C(F)(F)F)[nH]n1.CN(C)C(=O)c1cc(C(F)(C(F)(F)F)C(F)(F)F)[nH]n1. The fourth-order valence-corrected chi connectivity index (χ4v) is 5.21. The second kappa shape index (κ2) is 23.1. The third-order valence-corrected chi connectivity index (χ3v) is 9.42. The molecule has 4 aromatic heterocycles. The number of carbonyl (C=O) groups is 4. The third kappa shape index (κ3) is 14.0. The first-order valence-corrected chi connectivity index (χ1v) is 19.7. The van der Waals surface area contributed by atoms with Crippen molar-refractivity contribution in [3.63, 3.8) is 0 Å². The molecule has 0 aliphatic rings. The van der Waals surface area contributed by atoms with Crippen molar-refractivity contribution in [2.24, 2.45) is 0 Å². The van der Waals surface area contributed by atoms with Crippen molar-refractivity contribution in [2.75, 3.05) is 56.4 Å².